The molecule has 52 valence electrons. The fraction of sp³-hybridized carbons (Fsp3) is 0.750. The van der Waals surface area contributed by atoms with Gasteiger partial charge in [0, 0.05) is 5.25 Å². The monoisotopic (exact) mass is 142 g/mol. The van der Waals surface area contributed by atoms with Crippen LogP contribution in [0.2, 0.25) is 0 Å². The number of hydrogen-bond donors (Lipinski definition) is 0. The molecule has 9 heavy (non-hydrogen) atoms. The largest absolute Gasteiger partial charge is 0.131 e. The van der Waals surface area contributed by atoms with Crippen molar-refractivity contribution in [3.05, 3.63) is 11.5 Å². The first-order chi connectivity index (χ1) is 4.43. The van der Waals surface area contributed by atoms with Crippen LogP contribution < -0.4 is 0 Å². The lowest BCUT2D eigenvalue weighted by Crippen LogP contribution is -1.94. The lowest BCUT2D eigenvalue weighted by Gasteiger charge is -2.04. The van der Waals surface area contributed by atoms with Gasteiger partial charge in [0.15, 0.2) is 0 Å². The molecule has 0 aromatic carbocycles. The molecule has 1 heteroatoms. The summed E-state index contributed by atoms with van der Waals surface area (Å²) >= 11 is 2.00. The molecule has 0 bridgehead atoms. The number of thioether (sulfide) groups is 1. The third-order valence-electron chi connectivity index (χ3n) is 1.65. The van der Waals surface area contributed by atoms with Crippen molar-refractivity contribution < 1.29 is 0 Å². The Labute approximate surface area is 61.7 Å². The first kappa shape index (κ1) is 7.20. The maximum Gasteiger partial charge on any atom is 0.0123 e. The fourth-order valence-corrected chi connectivity index (χ4v) is 2.02. The molecule has 1 atom stereocenters. The van der Waals surface area contributed by atoms with E-state index in [9.17, 15) is 0 Å². The molecule has 0 spiro atoms. The van der Waals surface area contributed by atoms with Crippen molar-refractivity contribution in [2.24, 2.45) is 0 Å². The number of hydrogen-bond acceptors (Lipinski definition) is 1. The number of allylic oxidation sites excluding steroid dienone is 1. The highest BCUT2D eigenvalue weighted by Crippen LogP contribution is 2.27. The van der Waals surface area contributed by atoms with Crippen LogP contribution in [-0.2, 0) is 0 Å². The van der Waals surface area contributed by atoms with Gasteiger partial charge in [0.1, 0.15) is 0 Å². The minimum absolute atomic E-state index is 0.921. The molecule has 0 saturated carbocycles. The standard InChI is InChI=1S/C8H14S/c1-2-3-5-8-6-4-7-9-8/h4,7-8H,2-3,5-6H2,1H3. The predicted molar refractivity (Wildman–Crippen MR) is 44.7 cm³/mol. The van der Waals surface area contributed by atoms with Crippen molar-refractivity contribution in [1.82, 2.24) is 0 Å². The van der Waals surface area contributed by atoms with Gasteiger partial charge in [-0.3, -0.25) is 0 Å². The van der Waals surface area contributed by atoms with Crippen LogP contribution in [0, 0.1) is 0 Å². The minimum atomic E-state index is 0.921. The van der Waals surface area contributed by atoms with Crippen molar-refractivity contribution in [2.75, 3.05) is 0 Å². The van der Waals surface area contributed by atoms with Gasteiger partial charge in [-0.15, -0.1) is 11.8 Å². The van der Waals surface area contributed by atoms with Crippen LogP contribution in [0.25, 0.3) is 0 Å². The van der Waals surface area contributed by atoms with Gasteiger partial charge >= 0.3 is 0 Å². The smallest absolute Gasteiger partial charge is 0.0123 e. The van der Waals surface area contributed by atoms with Crippen molar-refractivity contribution >= 4 is 11.8 Å². The zero-order valence-corrected chi connectivity index (χ0v) is 6.79. The van der Waals surface area contributed by atoms with Gasteiger partial charge in [-0.1, -0.05) is 25.8 Å². The predicted octanol–water partition coefficient (Wildman–Crippen LogP) is 3.20. The lowest BCUT2D eigenvalue weighted by atomic mass is 10.1. The van der Waals surface area contributed by atoms with Gasteiger partial charge in [0.2, 0.25) is 0 Å². The van der Waals surface area contributed by atoms with Crippen LogP contribution in [0.15, 0.2) is 11.5 Å². The van der Waals surface area contributed by atoms with Crippen molar-refractivity contribution in [3.63, 3.8) is 0 Å². The van der Waals surface area contributed by atoms with E-state index in [0.29, 0.717) is 0 Å². The quantitative estimate of drug-likeness (QED) is 0.583. The van der Waals surface area contributed by atoms with Gasteiger partial charge in [0.25, 0.3) is 0 Å². The third kappa shape index (κ3) is 2.44. The summed E-state index contributed by atoms with van der Waals surface area (Å²) in [7, 11) is 0. The molecular formula is C8H14S. The summed E-state index contributed by atoms with van der Waals surface area (Å²) in [5, 5.41) is 3.16. The van der Waals surface area contributed by atoms with Crippen molar-refractivity contribution in [1.29, 1.82) is 0 Å². The highest BCUT2D eigenvalue weighted by atomic mass is 32.2. The van der Waals surface area contributed by atoms with E-state index in [1.807, 2.05) is 11.8 Å². The zero-order chi connectivity index (χ0) is 6.53. The zero-order valence-electron chi connectivity index (χ0n) is 5.97. The van der Waals surface area contributed by atoms with Gasteiger partial charge in [-0.2, -0.15) is 0 Å². The molecule has 1 heterocycles. The van der Waals surface area contributed by atoms with Crippen molar-refractivity contribution in [2.45, 2.75) is 37.9 Å². The van der Waals surface area contributed by atoms with E-state index in [4.69, 9.17) is 0 Å². The molecule has 1 aliphatic rings. The highest BCUT2D eigenvalue weighted by Gasteiger charge is 2.08. The van der Waals surface area contributed by atoms with Crippen molar-refractivity contribution in [3.8, 4) is 0 Å². The van der Waals surface area contributed by atoms with E-state index in [2.05, 4.69) is 18.4 Å². The first-order valence-corrected chi connectivity index (χ1v) is 4.68. The van der Waals surface area contributed by atoms with E-state index in [-0.39, 0.29) is 0 Å². The Morgan fingerprint density at radius 1 is 1.67 bits per heavy atom. The lowest BCUT2D eigenvalue weighted by molar-refractivity contribution is 0.693. The molecule has 1 rings (SSSR count). The fourth-order valence-electron chi connectivity index (χ4n) is 1.05. The van der Waals surface area contributed by atoms with E-state index >= 15 is 0 Å². The third-order valence-corrected chi connectivity index (χ3v) is 2.81. The summed E-state index contributed by atoms with van der Waals surface area (Å²) in [6, 6.07) is 0. The molecule has 0 radical (unpaired) electrons. The second kappa shape index (κ2) is 3.99. The summed E-state index contributed by atoms with van der Waals surface area (Å²) in [6.45, 7) is 2.26. The molecule has 0 nitrogen and oxygen atoms in total. The van der Waals surface area contributed by atoms with Gasteiger partial charge in [-0.25, -0.2) is 0 Å². The summed E-state index contributed by atoms with van der Waals surface area (Å²) in [5.41, 5.74) is 0. The highest BCUT2D eigenvalue weighted by molar-refractivity contribution is 8.02. The summed E-state index contributed by atoms with van der Waals surface area (Å²) in [4.78, 5) is 0. The molecule has 0 N–H and O–H groups in total. The van der Waals surface area contributed by atoms with Crippen LogP contribution in [0.3, 0.4) is 0 Å². The van der Waals surface area contributed by atoms with Gasteiger partial charge < -0.3 is 0 Å². The van der Waals surface area contributed by atoms with Gasteiger partial charge in [0.05, 0.1) is 0 Å². The van der Waals surface area contributed by atoms with Crippen LogP contribution in [0.5, 0.6) is 0 Å². The Kier molecular flexibility index (Phi) is 3.20. The van der Waals surface area contributed by atoms with E-state index in [1.54, 1.807) is 0 Å². The van der Waals surface area contributed by atoms with Crippen LogP contribution in [0.1, 0.15) is 32.6 Å². The number of rotatable bonds is 3. The minimum Gasteiger partial charge on any atom is -0.131 e. The normalized spacial score (nSPS) is 25.2. The summed E-state index contributed by atoms with van der Waals surface area (Å²) in [5.74, 6) is 0. The Balaban J connectivity index is 2.01. The van der Waals surface area contributed by atoms with Crippen LogP contribution in [-0.4, -0.2) is 5.25 Å². The summed E-state index contributed by atoms with van der Waals surface area (Å²) in [6.07, 6.45) is 7.75. The molecule has 0 aromatic rings. The molecule has 1 unspecified atom stereocenters. The van der Waals surface area contributed by atoms with E-state index in [0.717, 1.165) is 5.25 Å². The second-order valence-electron chi connectivity index (χ2n) is 2.51. The maximum atomic E-state index is 2.28. The maximum absolute atomic E-state index is 2.28. The molecule has 0 aromatic heterocycles. The molecule has 0 fully saturated rings. The SMILES string of the molecule is CCCCC1CC=CS1. The average Bonchev–Trinajstić information content (AvgIpc) is 2.34. The Bertz CT molecular complexity index is 88.7. The topological polar surface area (TPSA) is 0 Å². The average molecular weight is 142 g/mol. The Morgan fingerprint density at radius 3 is 3.11 bits per heavy atom. The Hall–Kier alpha value is 0.0900. The first-order valence-electron chi connectivity index (χ1n) is 3.74. The molecule has 0 amide bonds. The Morgan fingerprint density at radius 2 is 2.56 bits per heavy atom. The van der Waals surface area contributed by atoms with Gasteiger partial charge in [-0.05, 0) is 18.2 Å². The molecule has 1 aliphatic heterocycles. The van der Waals surface area contributed by atoms with E-state index in [1.165, 1.54) is 25.7 Å². The van der Waals surface area contributed by atoms with Crippen LogP contribution in [0.4, 0.5) is 0 Å². The molecule has 0 saturated heterocycles. The van der Waals surface area contributed by atoms with Crippen LogP contribution >= 0.6 is 11.8 Å². The molecule has 0 aliphatic carbocycles. The number of unbranched alkanes of at least 4 members (excludes halogenated alkanes) is 1. The second-order valence-corrected chi connectivity index (χ2v) is 3.72. The summed E-state index contributed by atoms with van der Waals surface area (Å²) < 4.78 is 0. The van der Waals surface area contributed by atoms with E-state index < -0.39 is 0 Å². The molecular weight excluding hydrogens is 128 g/mol.